The van der Waals surface area contributed by atoms with Crippen molar-refractivity contribution in [2.75, 3.05) is 26.4 Å². The van der Waals surface area contributed by atoms with Crippen molar-refractivity contribution in [3.8, 4) is 0 Å². The number of phosphoric ester groups is 1. The lowest BCUT2D eigenvalue weighted by atomic mass is 10.1. The van der Waals surface area contributed by atoms with Gasteiger partial charge in [0.25, 0.3) is 6.47 Å². The van der Waals surface area contributed by atoms with Crippen LogP contribution in [0.25, 0.3) is 0 Å². The van der Waals surface area contributed by atoms with Crippen LogP contribution in [0.5, 0.6) is 0 Å². The van der Waals surface area contributed by atoms with Crippen LogP contribution in [0.2, 0.25) is 0 Å². The summed E-state index contributed by atoms with van der Waals surface area (Å²) >= 11 is 0. The Morgan fingerprint density at radius 3 is 2.25 bits per heavy atom. The molecule has 0 aliphatic carbocycles. The number of rotatable bonds is 19. The van der Waals surface area contributed by atoms with E-state index in [1.807, 2.05) is 0 Å². The van der Waals surface area contributed by atoms with Gasteiger partial charge in [-0.1, -0.05) is 45.4 Å². The summed E-state index contributed by atoms with van der Waals surface area (Å²) in [4.78, 5) is 31.7. The predicted octanol–water partition coefficient (Wildman–Crippen LogP) is 1.70. The molecule has 0 aromatic carbocycles. The van der Waals surface area contributed by atoms with E-state index >= 15 is 0 Å². The van der Waals surface area contributed by atoms with E-state index in [1.165, 1.54) is 19.3 Å². The van der Waals surface area contributed by atoms with Crippen LogP contribution < -0.4 is 0 Å². The second-order valence-corrected chi connectivity index (χ2v) is 7.76. The van der Waals surface area contributed by atoms with Gasteiger partial charge in [0.2, 0.25) is 0 Å². The molecule has 0 saturated carbocycles. The Balaban J connectivity index is 4.04. The summed E-state index contributed by atoms with van der Waals surface area (Å²) in [5.41, 5.74) is 0. The average molecular weight is 428 g/mol. The lowest BCUT2D eigenvalue weighted by Crippen LogP contribution is -2.27. The molecule has 0 amide bonds. The van der Waals surface area contributed by atoms with Crippen LogP contribution in [0.3, 0.4) is 0 Å². The zero-order chi connectivity index (χ0) is 21.3. The van der Waals surface area contributed by atoms with E-state index in [-0.39, 0.29) is 19.5 Å². The van der Waals surface area contributed by atoms with E-state index in [9.17, 15) is 19.0 Å². The lowest BCUT2D eigenvalue weighted by molar-refractivity contribution is -0.153. The molecular weight excluding hydrogens is 395 g/mol. The Kier molecular flexibility index (Phi) is 16.3. The largest absolute Gasteiger partial charge is 0.472 e. The van der Waals surface area contributed by atoms with Gasteiger partial charge in [-0.3, -0.25) is 18.6 Å². The van der Waals surface area contributed by atoms with Crippen LogP contribution >= 0.6 is 7.82 Å². The number of aliphatic hydroxyl groups is 2. The Morgan fingerprint density at radius 2 is 1.64 bits per heavy atom. The van der Waals surface area contributed by atoms with Gasteiger partial charge in [-0.2, -0.15) is 0 Å². The molecular formula is C17H33O10P. The normalized spacial score (nSPS) is 15.4. The van der Waals surface area contributed by atoms with Gasteiger partial charge in [0.1, 0.15) is 12.7 Å². The monoisotopic (exact) mass is 428 g/mol. The number of hydrogen-bond donors (Lipinski definition) is 3. The number of unbranched alkanes of at least 4 members (excludes halogenated alkanes) is 6. The molecule has 0 rings (SSSR count). The van der Waals surface area contributed by atoms with Gasteiger partial charge in [0.15, 0.2) is 6.10 Å². The summed E-state index contributed by atoms with van der Waals surface area (Å²) in [7, 11) is -4.53. The zero-order valence-electron chi connectivity index (χ0n) is 16.4. The standard InChI is InChI=1S/C17H33O10P/c1-2-3-4-5-6-7-8-9-17(21)24-12-16(25-14-19)13-27-28(22,23)26-11-15(20)10-18/h14-16,18,20H,2-13H2,1H3,(H,22,23)/t15-,16+/m0/s1. The van der Waals surface area contributed by atoms with E-state index < -0.39 is 45.8 Å². The van der Waals surface area contributed by atoms with Gasteiger partial charge in [-0.15, -0.1) is 0 Å². The van der Waals surface area contributed by atoms with Crippen molar-refractivity contribution in [1.82, 2.24) is 0 Å². The molecule has 0 saturated heterocycles. The summed E-state index contributed by atoms with van der Waals surface area (Å²) in [6, 6.07) is 0. The van der Waals surface area contributed by atoms with Crippen molar-refractivity contribution in [3.05, 3.63) is 0 Å². The molecule has 0 aliphatic heterocycles. The van der Waals surface area contributed by atoms with E-state index in [4.69, 9.17) is 14.9 Å². The van der Waals surface area contributed by atoms with Crippen molar-refractivity contribution in [1.29, 1.82) is 0 Å². The van der Waals surface area contributed by atoms with Crippen LogP contribution in [-0.4, -0.2) is 66.2 Å². The first-order valence-corrected chi connectivity index (χ1v) is 11.0. The average Bonchev–Trinajstić information content (AvgIpc) is 2.67. The highest BCUT2D eigenvalue weighted by Crippen LogP contribution is 2.43. The highest BCUT2D eigenvalue weighted by atomic mass is 31.2. The highest BCUT2D eigenvalue weighted by Gasteiger charge is 2.25. The highest BCUT2D eigenvalue weighted by molar-refractivity contribution is 7.47. The first-order valence-electron chi connectivity index (χ1n) is 9.50. The Labute approximate surface area is 165 Å². The van der Waals surface area contributed by atoms with E-state index in [2.05, 4.69) is 20.7 Å². The predicted molar refractivity (Wildman–Crippen MR) is 99.3 cm³/mol. The molecule has 0 bridgehead atoms. The fraction of sp³-hybridized carbons (Fsp3) is 0.882. The van der Waals surface area contributed by atoms with Crippen molar-refractivity contribution in [2.45, 2.75) is 70.5 Å². The number of aliphatic hydroxyl groups excluding tert-OH is 2. The molecule has 0 heterocycles. The second kappa shape index (κ2) is 16.9. The summed E-state index contributed by atoms with van der Waals surface area (Å²) in [6.07, 6.45) is 5.27. The molecule has 10 nitrogen and oxygen atoms in total. The van der Waals surface area contributed by atoms with Crippen LogP contribution in [0.4, 0.5) is 0 Å². The molecule has 166 valence electrons. The van der Waals surface area contributed by atoms with Gasteiger partial charge in [-0.25, -0.2) is 4.57 Å². The number of hydrogen-bond acceptors (Lipinski definition) is 9. The number of esters is 1. The molecule has 3 atom stereocenters. The lowest BCUT2D eigenvalue weighted by Gasteiger charge is -2.18. The van der Waals surface area contributed by atoms with Crippen molar-refractivity contribution in [3.63, 3.8) is 0 Å². The third kappa shape index (κ3) is 16.0. The van der Waals surface area contributed by atoms with Gasteiger partial charge in [-0.05, 0) is 6.42 Å². The third-order valence-corrected chi connectivity index (χ3v) is 4.68. The van der Waals surface area contributed by atoms with Crippen molar-refractivity contribution < 1.29 is 47.8 Å². The maximum atomic E-state index is 11.7. The fourth-order valence-corrected chi connectivity index (χ4v) is 2.93. The molecule has 11 heteroatoms. The van der Waals surface area contributed by atoms with Gasteiger partial charge < -0.3 is 24.6 Å². The van der Waals surface area contributed by atoms with Crippen molar-refractivity contribution in [2.24, 2.45) is 0 Å². The molecule has 0 aliphatic rings. The van der Waals surface area contributed by atoms with E-state index in [0.717, 1.165) is 19.3 Å². The van der Waals surface area contributed by atoms with Crippen molar-refractivity contribution >= 4 is 20.3 Å². The minimum Gasteiger partial charge on any atom is -0.462 e. The number of phosphoric acid groups is 1. The van der Waals surface area contributed by atoms with Gasteiger partial charge in [0, 0.05) is 6.42 Å². The van der Waals surface area contributed by atoms with E-state index in [0.29, 0.717) is 6.42 Å². The summed E-state index contributed by atoms with van der Waals surface area (Å²) < 4.78 is 30.4. The van der Waals surface area contributed by atoms with Gasteiger partial charge in [0.05, 0.1) is 19.8 Å². The SMILES string of the molecule is CCCCCCCCCC(=O)OC[C@H](COP(=O)(O)OC[C@@H](O)CO)OC=O. The Morgan fingerprint density at radius 1 is 1.04 bits per heavy atom. The molecule has 0 aromatic heterocycles. The smallest absolute Gasteiger partial charge is 0.462 e. The maximum absolute atomic E-state index is 11.7. The number of ether oxygens (including phenoxy) is 2. The fourth-order valence-electron chi connectivity index (χ4n) is 2.14. The first-order chi connectivity index (χ1) is 13.3. The third-order valence-electron chi connectivity index (χ3n) is 3.73. The second-order valence-electron chi connectivity index (χ2n) is 6.31. The minimum atomic E-state index is -4.53. The summed E-state index contributed by atoms with van der Waals surface area (Å²) in [5.74, 6) is -0.456. The first kappa shape index (κ1) is 27.0. The Bertz CT molecular complexity index is 459. The molecule has 3 N–H and O–H groups in total. The molecule has 0 fully saturated rings. The van der Waals surface area contributed by atoms with Crippen LogP contribution in [-0.2, 0) is 32.7 Å². The van der Waals surface area contributed by atoms with Crippen LogP contribution in [0.15, 0.2) is 0 Å². The summed E-state index contributed by atoms with van der Waals surface area (Å²) in [6.45, 7) is 0.121. The molecule has 28 heavy (non-hydrogen) atoms. The quantitative estimate of drug-likeness (QED) is 0.120. The zero-order valence-corrected chi connectivity index (χ0v) is 17.3. The molecule has 0 spiro atoms. The summed E-state index contributed by atoms with van der Waals surface area (Å²) in [5, 5.41) is 17.7. The van der Waals surface area contributed by atoms with Crippen LogP contribution in [0.1, 0.15) is 58.3 Å². The van der Waals surface area contributed by atoms with Crippen LogP contribution in [0, 0.1) is 0 Å². The maximum Gasteiger partial charge on any atom is 0.472 e. The Hall–Kier alpha value is -1.03. The number of carbonyl (C=O) groups excluding carboxylic acids is 2. The van der Waals surface area contributed by atoms with Gasteiger partial charge >= 0.3 is 13.8 Å². The van der Waals surface area contributed by atoms with E-state index in [1.54, 1.807) is 0 Å². The topological polar surface area (TPSA) is 149 Å². The number of carbonyl (C=O) groups is 2. The molecule has 1 unspecified atom stereocenters. The molecule has 0 aromatic rings. The minimum absolute atomic E-state index is 0.108. The molecule has 0 radical (unpaired) electrons.